The maximum absolute atomic E-state index is 12.9. The lowest BCUT2D eigenvalue weighted by molar-refractivity contribution is -0.123. The van der Waals surface area contributed by atoms with E-state index in [0.29, 0.717) is 33.6 Å². The summed E-state index contributed by atoms with van der Waals surface area (Å²) in [6.45, 7) is -0.302. The minimum Gasteiger partial charge on any atom is -0.497 e. The standard InChI is InChI=1S/C22H19NO7S/c1-28-16-4-2-14(3-5-16)19-11-30-20-10-17(6-7-18(20)22(19)25)29-12-21(24)23-15-8-9-31(26,27)13-15/h2-11,15H,12-13H2,1H3,(H,23,24). The largest absolute Gasteiger partial charge is 0.497 e. The highest BCUT2D eigenvalue weighted by Crippen LogP contribution is 2.24. The summed E-state index contributed by atoms with van der Waals surface area (Å²) >= 11 is 0. The maximum atomic E-state index is 12.9. The molecule has 1 atom stereocenters. The van der Waals surface area contributed by atoms with Crippen molar-refractivity contribution >= 4 is 26.7 Å². The van der Waals surface area contributed by atoms with Crippen molar-refractivity contribution in [2.75, 3.05) is 19.5 Å². The van der Waals surface area contributed by atoms with Gasteiger partial charge in [-0.15, -0.1) is 0 Å². The number of amides is 1. The molecule has 0 fully saturated rings. The van der Waals surface area contributed by atoms with Crippen LogP contribution in [0.4, 0.5) is 0 Å². The first-order valence-electron chi connectivity index (χ1n) is 9.38. The monoisotopic (exact) mass is 441 g/mol. The smallest absolute Gasteiger partial charge is 0.258 e. The van der Waals surface area contributed by atoms with Gasteiger partial charge in [-0.25, -0.2) is 8.42 Å². The number of benzene rings is 2. The van der Waals surface area contributed by atoms with Crippen LogP contribution in [-0.2, 0) is 14.6 Å². The number of ether oxygens (including phenoxy) is 2. The van der Waals surface area contributed by atoms with Gasteiger partial charge in [-0.1, -0.05) is 12.1 Å². The van der Waals surface area contributed by atoms with Crippen molar-refractivity contribution in [3.05, 3.63) is 70.4 Å². The van der Waals surface area contributed by atoms with E-state index >= 15 is 0 Å². The van der Waals surface area contributed by atoms with Crippen LogP contribution in [0.5, 0.6) is 11.5 Å². The average molecular weight is 441 g/mol. The van der Waals surface area contributed by atoms with E-state index in [1.165, 1.54) is 18.4 Å². The van der Waals surface area contributed by atoms with Crippen LogP contribution in [0.25, 0.3) is 22.1 Å². The molecule has 0 radical (unpaired) electrons. The van der Waals surface area contributed by atoms with Gasteiger partial charge in [-0.2, -0.15) is 0 Å². The van der Waals surface area contributed by atoms with Gasteiger partial charge in [0.15, 0.2) is 21.9 Å². The second-order valence-corrected chi connectivity index (χ2v) is 8.92. The van der Waals surface area contributed by atoms with Crippen LogP contribution in [0.3, 0.4) is 0 Å². The van der Waals surface area contributed by atoms with Gasteiger partial charge in [0.2, 0.25) is 0 Å². The molecule has 1 unspecified atom stereocenters. The number of carbonyl (C=O) groups excluding carboxylic acids is 1. The van der Waals surface area contributed by atoms with Crippen LogP contribution in [0.2, 0.25) is 0 Å². The number of hydrogen-bond acceptors (Lipinski definition) is 7. The molecular formula is C22H19NO7S. The first kappa shape index (κ1) is 20.7. The Morgan fingerprint density at radius 2 is 1.90 bits per heavy atom. The Morgan fingerprint density at radius 3 is 2.58 bits per heavy atom. The quantitative estimate of drug-likeness (QED) is 0.624. The number of fused-ring (bicyclic) bond motifs is 1. The van der Waals surface area contributed by atoms with E-state index in [4.69, 9.17) is 13.9 Å². The van der Waals surface area contributed by atoms with E-state index in [1.54, 1.807) is 43.5 Å². The molecule has 9 heteroatoms. The van der Waals surface area contributed by atoms with Gasteiger partial charge in [-0.3, -0.25) is 9.59 Å². The Labute approximate surface area is 178 Å². The van der Waals surface area contributed by atoms with Gasteiger partial charge < -0.3 is 19.2 Å². The molecule has 1 aliphatic rings. The lowest BCUT2D eigenvalue weighted by atomic mass is 10.1. The molecule has 0 saturated carbocycles. The second-order valence-electron chi connectivity index (χ2n) is 6.99. The van der Waals surface area contributed by atoms with Gasteiger partial charge in [0.1, 0.15) is 23.3 Å². The molecule has 1 aliphatic heterocycles. The summed E-state index contributed by atoms with van der Waals surface area (Å²) in [7, 11) is -1.68. The van der Waals surface area contributed by atoms with Gasteiger partial charge in [-0.05, 0) is 35.9 Å². The zero-order valence-corrected chi connectivity index (χ0v) is 17.3. The molecule has 31 heavy (non-hydrogen) atoms. The van der Waals surface area contributed by atoms with Crippen molar-refractivity contribution in [1.29, 1.82) is 0 Å². The summed E-state index contributed by atoms with van der Waals surface area (Å²) in [6, 6.07) is 11.2. The SMILES string of the molecule is COc1ccc(-c2coc3cc(OCC(=O)NC4C=CS(=O)(=O)C4)ccc3c2=O)cc1. The van der Waals surface area contributed by atoms with E-state index in [2.05, 4.69) is 5.32 Å². The lowest BCUT2D eigenvalue weighted by Crippen LogP contribution is -2.38. The third kappa shape index (κ3) is 4.61. The normalized spacial score (nSPS) is 16.9. The minimum absolute atomic E-state index is 0.156. The molecule has 8 nitrogen and oxygen atoms in total. The van der Waals surface area contributed by atoms with E-state index in [-0.39, 0.29) is 17.8 Å². The fourth-order valence-electron chi connectivity index (χ4n) is 3.23. The van der Waals surface area contributed by atoms with Crippen LogP contribution >= 0.6 is 0 Å². The predicted molar refractivity (Wildman–Crippen MR) is 115 cm³/mol. The highest BCUT2D eigenvalue weighted by atomic mass is 32.2. The minimum atomic E-state index is -3.25. The molecule has 1 N–H and O–H groups in total. The maximum Gasteiger partial charge on any atom is 0.258 e. The fourth-order valence-corrected chi connectivity index (χ4v) is 4.47. The Kier molecular flexibility index (Phi) is 5.51. The fraction of sp³-hybridized carbons (Fsp3) is 0.182. The number of nitrogens with one attached hydrogen (secondary N) is 1. The van der Waals surface area contributed by atoms with Crippen molar-refractivity contribution in [3.8, 4) is 22.6 Å². The van der Waals surface area contributed by atoms with E-state index in [9.17, 15) is 18.0 Å². The number of rotatable bonds is 6. The van der Waals surface area contributed by atoms with Crippen molar-refractivity contribution < 1.29 is 27.1 Å². The molecule has 2 heterocycles. The predicted octanol–water partition coefficient (Wildman–Crippen LogP) is 2.27. The Hall–Kier alpha value is -3.59. The van der Waals surface area contributed by atoms with Crippen molar-refractivity contribution in [2.24, 2.45) is 0 Å². The lowest BCUT2D eigenvalue weighted by Gasteiger charge is -2.11. The number of methoxy groups -OCH3 is 1. The van der Waals surface area contributed by atoms with Crippen LogP contribution in [0, 0.1) is 0 Å². The molecule has 0 spiro atoms. The van der Waals surface area contributed by atoms with E-state index < -0.39 is 21.8 Å². The van der Waals surface area contributed by atoms with E-state index in [0.717, 1.165) is 5.41 Å². The summed E-state index contributed by atoms with van der Waals surface area (Å²) in [5, 5.41) is 4.04. The van der Waals surface area contributed by atoms with Crippen LogP contribution in [0.1, 0.15) is 0 Å². The third-order valence-corrected chi connectivity index (χ3v) is 6.19. The first-order valence-corrected chi connectivity index (χ1v) is 11.1. The van der Waals surface area contributed by atoms with Gasteiger partial charge in [0.05, 0.1) is 29.9 Å². The summed E-state index contributed by atoms with van der Waals surface area (Å²) in [4.78, 5) is 24.9. The van der Waals surface area contributed by atoms with Crippen molar-refractivity contribution in [2.45, 2.75) is 6.04 Å². The molecule has 0 bridgehead atoms. The molecule has 1 amide bonds. The van der Waals surface area contributed by atoms with Crippen molar-refractivity contribution in [3.63, 3.8) is 0 Å². The molecule has 3 aromatic rings. The topological polar surface area (TPSA) is 112 Å². The molecule has 0 aliphatic carbocycles. The van der Waals surface area contributed by atoms with E-state index in [1.807, 2.05) is 0 Å². The van der Waals surface area contributed by atoms with Crippen LogP contribution in [0.15, 0.2) is 69.4 Å². The summed E-state index contributed by atoms with van der Waals surface area (Å²) in [5.41, 5.74) is 1.26. The zero-order valence-electron chi connectivity index (χ0n) is 16.5. The second kappa shape index (κ2) is 8.27. The molecule has 1 aromatic heterocycles. The molecule has 160 valence electrons. The number of sulfone groups is 1. The first-order chi connectivity index (χ1) is 14.8. The summed E-state index contributed by atoms with van der Waals surface area (Å²) in [6.07, 6.45) is 2.81. The molecule has 4 rings (SSSR count). The Morgan fingerprint density at radius 1 is 1.16 bits per heavy atom. The molecule has 0 saturated heterocycles. The molecule has 2 aromatic carbocycles. The van der Waals surface area contributed by atoms with Crippen LogP contribution < -0.4 is 20.2 Å². The Bertz CT molecular complexity index is 1320. The van der Waals surface area contributed by atoms with Crippen molar-refractivity contribution in [1.82, 2.24) is 5.32 Å². The highest BCUT2D eigenvalue weighted by Gasteiger charge is 2.23. The highest BCUT2D eigenvalue weighted by molar-refractivity contribution is 7.94. The zero-order chi connectivity index (χ0) is 22.0. The van der Waals surface area contributed by atoms with Gasteiger partial charge in [0.25, 0.3) is 5.91 Å². The van der Waals surface area contributed by atoms with Crippen LogP contribution in [-0.4, -0.2) is 39.8 Å². The van der Waals surface area contributed by atoms with Gasteiger partial charge >= 0.3 is 0 Å². The average Bonchev–Trinajstić information content (AvgIpc) is 3.10. The summed E-state index contributed by atoms with van der Waals surface area (Å²) < 4.78 is 39.0. The number of carbonyl (C=O) groups is 1. The Balaban J connectivity index is 1.46. The number of hydrogen-bond donors (Lipinski definition) is 1. The van der Waals surface area contributed by atoms with Gasteiger partial charge in [0, 0.05) is 11.5 Å². The summed E-state index contributed by atoms with van der Waals surface area (Å²) in [5.74, 6) is 0.419. The molecular weight excluding hydrogens is 422 g/mol. The third-order valence-electron chi connectivity index (χ3n) is 4.79.